The lowest BCUT2D eigenvalue weighted by molar-refractivity contribution is 0.0797. The van der Waals surface area contributed by atoms with Gasteiger partial charge >= 0.3 is 0 Å². The maximum absolute atomic E-state index is 12.4. The molecule has 0 N–H and O–H groups in total. The summed E-state index contributed by atoms with van der Waals surface area (Å²) in [5.41, 5.74) is 2.07. The molecule has 0 fully saturated rings. The second-order valence-electron chi connectivity index (χ2n) is 5.26. The van der Waals surface area contributed by atoms with Gasteiger partial charge in [-0.25, -0.2) is 4.98 Å². The van der Waals surface area contributed by atoms with Crippen LogP contribution in [0.4, 0.5) is 0 Å². The standard InChI is InChI=1S/C17H22N2OS/c1-4-5-11-19(3)17(20)16-13(2)18-15(21-16)12-14-9-7-6-8-10-14/h6-10H,4-5,11-12H2,1-3H3. The molecule has 1 heterocycles. The largest absolute Gasteiger partial charge is 0.341 e. The van der Waals surface area contributed by atoms with Crippen molar-refractivity contribution < 1.29 is 4.79 Å². The minimum atomic E-state index is 0.0951. The molecular weight excluding hydrogens is 280 g/mol. The summed E-state index contributed by atoms with van der Waals surface area (Å²) in [5, 5.41) is 1.01. The minimum Gasteiger partial charge on any atom is -0.341 e. The Morgan fingerprint density at radius 1 is 1.29 bits per heavy atom. The Hall–Kier alpha value is -1.68. The quantitative estimate of drug-likeness (QED) is 0.810. The molecule has 3 nitrogen and oxygen atoms in total. The molecule has 0 unspecified atom stereocenters. The molecular formula is C17H22N2OS. The molecule has 4 heteroatoms. The SMILES string of the molecule is CCCCN(C)C(=O)c1sc(Cc2ccccc2)nc1C. The van der Waals surface area contributed by atoms with Crippen molar-refractivity contribution in [2.45, 2.75) is 33.1 Å². The third-order valence-electron chi connectivity index (χ3n) is 3.43. The number of rotatable bonds is 6. The van der Waals surface area contributed by atoms with Crippen LogP contribution in [0.1, 0.15) is 45.7 Å². The smallest absolute Gasteiger partial charge is 0.265 e. The van der Waals surface area contributed by atoms with E-state index < -0.39 is 0 Å². The highest BCUT2D eigenvalue weighted by atomic mass is 32.1. The Labute approximate surface area is 130 Å². The van der Waals surface area contributed by atoms with Gasteiger partial charge in [0.15, 0.2) is 0 Å². The van der Waals surface area contributed by atoms with Gasteiger partial charge in [0.25, 0.3) is 5.91 Å². The van der Waals surface area contributed by atoms with E-state index in [9.17, 15) is 4.79 Å². The van der Waals surface area contributed by atoms with E-state index in [2.05, 4.69) is 24.0 Å². The van der Waals surface area contributed by atoms with Crippen LogP contribution in [0.2, 0.25) is 0 Å². The third-order valence-corrected chi connectivity index (χ3v) is 4.57. The van der Waals surface area contributed by atoms with Crippen molar-refractivity contribution >= 4 is 17.2 Å². The second kappa shape index (κ2) is 7.36. The molecule has 0 atom stereocenters. The lowest BCUT2D eigenvalue weighted by Gasteiger charge is -2.15. The number of nitrogens with zero attached hydrogens (tertiary/aromatic N) is 2. The van der Waals surface area contributed by atoms with Crippen molar-refractivity contribution in [2.75, 3.05) is 13.6 Å². The Morgan fingerprint density at radius 2 is 2.00 bits per heavy atom. The first kappa shape index (κ1) is 15.7. The van der Waals surface area contributed by atoms with Crippen LogP contribution in [0.5, 0.6) is 0 Å². The maximum atomic E-state index is 12.4. The summed E-state index contributed by atoms with van der Waals surface area (Å²) < 4.78 is 0. The molecule has 0 aliphatic carbocycles. The number of benzene rings is 1. The van der Waals surface area contributed by atoms with Crippen molar-refractivity contribution in [3.05, 3.63) is 51.5 Å². The average molecular weight is 302 g/mol. The highest BCUT2D eigenvalue weighted by Gasteiger charge is 2.18. The molecule has 0 radical (unpaired) electrons. The van der Waals surface area contributed by atoms with Crippen molar-refractivity contribution in [1.82, 2.24) is 9.88 Å². The molecule has 0 saturated carbocycles. The number of hydrogen-bond donors (Lipinski definition) is 0. The fourth-order valence-corrected chi connectivity index (χ4v) is 3.26. The van der Waals surface area contributed by atoms with E-state index in [0.717, 1.165) is 41.4 Å². The average Bonchev–Trinajstić information content (AvgIpc) is 2.85. The van der Waals surface area contributed by atoms with Crippen LogP contribution in [-0.4, -0.2) is 29.4 Å². The van der Waals surface area contributed by atoms with Gasteiger partial charge in [-0.05, 0) is 18.9 Å². The summed E-state index contributed by atoms with van der Waals surface area (Å²) in [5.74, 6) is 0.0951. The van der Waals surface area contributed by atoms with Gasteiger partial charge < -0.3 is 4.90 Å². The van der Waals surface area contributed by atoms with Crippen LogP contribution < -0.4 is 0 Å². The fraction of sp³-hybridized carbons (Fsp3) is 0.412. The van der Waals surface area contributed by atoms with Gasteiger partial charge in [0.1, 0.15) is 4.88 Å². The zero-order chi connectivity index (χ0) is 15.2. The Bertz CT molecular complexity index is 592. The predicted octanol–water partition coefficient (Wildman–Crippen LogP) is 3.91. The van der Waals surface area contributed by atoms with Crippen LogP contribution >= 0.6 is 11.3 Å². The van der Waals surface area contributed by atoms with Crippen molar-refractivity contribution in [1.29, 1.82) is 0 Å². The molecule has 21 heavy (non-hydrogen) atoms. The molecule has 1 aromatic carbocycles. The lowest BCUT2D eigenvalue weighted by atomic mass is 10.2. The lowest BCUT2D eigenvalue weighted by Crippen LogP contribution is -2.27. The number of aromatic nitrogens is 1. The van der Waals surface area contributed by atoms with E-state index in [1.165, 1.54) is 16.9 Å². The van der Waals surface area contributed by atoms with E-state index in [1.54, 1.807) is 4.90 Å². The second-order valence-corrected chi connectivity index (χ2v) is 6.35. The zero-order valence-corrected chi connectivity index (χ0v) is 13.7. The Kier molecular flexibility index (Phi) is 5.51. The van der Waals surface area contributed by atoms with E-state index in [4.69, 9.17) is 0 Å². The highest BCUT2D eigenvalue weighted by Crippen LogP contribution is 2.22. The number of thiazole rings is 1. The maximum Gasteiger partial charge on any atom is 0.265 e. The Morgan fingerprint density at radius 3 is 2.67 bits per heavy atom. The number of amides is 1. The van der Waals surface area contributed by atoms with Crippen molar-refractivity contribution in [3.8, 4) is 0 Å². The van der Waals surface area contributed by atoms with Gasteiger partial charge in [-0.3, -0.25) is 4.79 Å². The van der Waals surface area contributed by atoms with Crippen LogP contribution in [-0.2, 0) is 6.42 Å². The summed E-state index contributed by atoms with van der Waals surface area (Å²) in [6, 6.07) is 10.2. The van der Waals surface area contributed by atoms with Gasteiger partial charge in [0.05, 0.1) is 10.7 Å². The summed E-state index contributed by atoms with van der Waals surface area (Å²) in [7, 11) is 1.87. The Balaban J connectivity index is 2.10. The molecule has 2 rings (SSSR count). The molecule has 2 aromatic rings. The van der Waals surface area contributed by atoms with E-state index in [1.807, 2.05) is 32.2 Å². The first-order valence-electron chi connectivity index (χ1n) is 7.37. The summed E-state index contributed by atoms with van der Waals surface area (Å²) in [6.45, 7) is 4.86. The zero-order valence-electron chi connectivity index (χ0n) is 12.9. The third kappa shape index (κ3) is 4.14. The van der Waals surface area contributed by atoms with E-state index >= 15 is 0 Å². The topological polar surface area (TPSA) is 33.2 Å². The molecule has 0 spiro atoms. The number of hydrogen-bond acceptors (Lipinski definition) is 3. The number of aryl methyl sites for hydroxylation is 1. The minimum absolute atomic E-state index is 0.0951. The monoisotopic (exact) mass is 302 g/mol. The van der Waals surface area contributed by atoms with E-state index in [-0.39, 0.29) is 5.91 Å². The molecule has 1 aromatic heterocycles. The molecule has 0 aliphatic heterocycles. The van der Waals surface area contributed by atoms with Gasteiger partial charge in [-0.1, -0.05) is 43.7 Å². The van der Waals surface area contributed by atoms with Gasteiger partial charge in [0.2, 0.25) is 0 Å². The van der Waals surface area contributed by atoms with Gasteiger partial charge in [-0.15, -0.1) is 11.3 Å². The first-order chi connectivity index (χ1) is 10.1. The van der Waals surface area contributed by atoms with Crippen molar-refractivity contribution in [3.63, 3.8) is 0 Å². The fourth-order valence-electron chi connectivity index (χ4n) is 2.17. The normalized spacial score (nSPS) is 10.6. The summed E-state index contributed by atoms with van der Waals surface area (Å²) in [4.78, 5) is 19.6. The van der Waals surface area contributed by atoms with Crippen molar-refractivity contribution in [2.24, 2.45) is 0 Å². The molecule has 0 saturated heterocycles. The predicted molar refractivity (Wildman–Crippen MR) is 88.0 cm³/mol. The molecule has 1 amide bonds. The summed E-state index contributed by atoms with van der Waals surface area (Å²) in [6.07, 6.45) is 2.92. The first-order valence-corrected chi connectivity index (χ1v) is 8.19. The van der Waals surface area contributed by atoms with Crippen LogP contribution in [0.25, 0.3) is 0 Å². The number of carbonyl (C=O) groups is 1. The molecule has 0 bridgehead atoms. The number of unbranched alkanes of at least 4 members (excludes halogenated alkanes) is 1. The van der Waals surface area contributed by atoms with Crippen LogP contribution in [0.3, 0.4) is 0 Å². The van der Waals surface area contributed by atoms with Gasteiger partial charge in [0, 0.05) is 20.0 Å². The van der Waals surface area contributed by atoms with Crippen LogP contribution in [0.15, 0.2) is 30.3 Å². The highest BCUT2D eigenvalue weighted by molar-refractivity contribution is 7.13. The van der Waals surface area contributed by atoms with Crippen LogP contribution in [0, 0.1) is 6.92 Å². The number of carbonyl (C=O) groups excluding carboxylic acids is 1. The molecule has 0 aliphatic rings. The van der Waals surface area contributed by atoms with E-state index in [0.29, 0.717) is 0 Å². The summed E-state index contributed by atoms with van der Waals surface area (Å²) >= 11 is 1.52. The van der Waals surface area contributed by atoms with Gasteiger partial charge in [-0.2, -0.15) is 0 Å². The molecule has 112 valence electrons.